The van der Waals surface area contributed by atoms with Crippen molar-refractivity contribution in [2.24, 2.45) is 0 Å². The largest absolute Gasteiger partial charge is 0.334 e. The van der Waals surface area contributed by atoms with Crippen molar-refractivity contribution in [1.82, 2.24) is 29.8 Å². The quantitative estimate of drug-likeness (QED) is 0.666. The average molecular weight is 366 g/mol. The number of rotatable bonds is 6. The van der Waals surface area contributed by atoms with Crippen LogP contribution in [0.3, 0.4) is 0 Å². The predicted molar refractivity (Wildman–Crippen MR) is 97.8 cm³/mol. The molecule has 0 spiro atoms. The molecule has 0 bridgehead atoms. The highest BCUT2D eigenvalue weighted by Gasteiger charge is 2.31. The molecule has 1 fully saturated rings. The van der Waals surface area contributed by atoms with Gasteiger partial charge in [-0.1, -0.05) is 11.2 Å². The van der Waals surface area contributed by atoms with Gasteiger partial charge in [0.2, 0.25) is 0 Å². The number of hydrogen-bond acceptors (Lipinski definition) is 6. The van der Waals surface area contributed by atoms with E-state index in [2.05, 4.69) is 20.2 Å². The van der Waals surface area contributed by atoms with Gasteiger partial charge >= 0.3 is 0 Å². The van der Waals surface area contributed by atoms with Gasteiger partial charge in [0.1, 0.15) is 11.4 Å². The number of aryl methyl sites for hydroxylation is 2. The average Bonchev–Trinajstić information content (AvgIpc) is 3.46. The summed E-state index contributed by atoms with van der Waals surface area (Å²) in [5.74, 6) is 1.13. The number of hydrogen-bond donors (Lipinski definition) is 0. The van der Waals surface area contributed by atoms with Crippen LogP contribution in [-0.2, 0) is 13.0 Å². The van der Waals surface area contributed by atoms with Crippen LogP contribution >= 0.6 is 0 Å². The first-order valence-corrected chi connectivity index (χ1v) is 9.33. The summed E-state index contributed by atoms with van der Waals surface area (Å²) in [5, 5.41) is 8.27. The maximum absolute atomic E-state index is 12.9. The van der Waals surface area contributed by atoms with Gasteiger partial charge in [-0.05, 0) is 44.4 Å². The summed E-state index contributed by atoms with van der Waals surface area (Å²) in [7, 11) is 0. The summed E-state index contributed by atoms with van der Waals surface area (Å²) in [5.41, 5.74) is 1.32. The predicted octanol–water partition coefficient (Wildman–Crippen LogP) is 2.59. The Morgan fingerprint density at radius 2 is 2.22 bits per heavy atom. The number of aromatic nitrogens is 5. The zero-order valence-corrected chi connectivity index (χ0v) is 15.3. The molecule has 1 amide bonds. The minimum atomic E-state index is 0.0548. The van der Waals surface area contributed by atoms with Crippen LogP contribution in [0, 0.1) is 0 Å². The third-order valence-corrected chi connectivity index (χ3v) is 4.93. The summed E-state index contributed by atoms with van der Waals surface area (Å²) >= 11 is 0. The van der Waals surface area contributed by atoms with E-state index in [4.69, 9.17) is 4.52 Å². The lowest BCUT2D eigenvalue weighted by Crippen LogP contribution is -2.37. The molecule has 3 aromatic rings. The molecule has 1 aliphatic heterocycles. The molecule has 0 radical (unpaired) electrons. The number of carbonyl (C=O) groups excluding carboxylic acids is 1. The van der Waals surface area contributed by atoms with Crippen LogP contribution in [0.1, 0.15) is 42.5 Å². The van der Waals surface area contributed by atoms with Gasteiger partial charge in [0.15, 0.2) is 5.82 Å². The lowest BCUT2D eigenvalue weighted by molar-refractivity contribution is 0.0717. The van der Waals surface area contributed by atoms with Crippen LogP contribution in [0.5, 0.6) is 0 Å². The standard InChI is InChI=1S/C19H22N6O2/c1-2-25-16(10-12-21-25)19(26)24-13-5-6-14(24)8-9-17-22-18(27-23-17)15-7-3-4-11-20-15/h3-4,7,10-12,14H,2,5-6,8-9,13H2,1H3. The molecule has 140 valence electrons. The zero-order chi connectivity index (χ0) is 18.6. The van der Waals surface area contributed by atoms with E-state index in [9.17, 15) is 4.79 Å². The fourth-order valence-electron chi connectivity index (χ4n) is 3.56. The summed E-state index contributed by atoms with van der Waals surface area (Å²) in [6.07, 6.45) is 6.87. The maximum Gasteiger partial charge on any atom is 0.276 e. The fourth-order valence-corrected chi connectivity index (χ4v) is 3.56. The number of carbonyl (C=O) groups is 1. The number of pyridine rings is 1. The van der Waals surface area contributed by atoms with E-state index in [1.54, 1.807) is 23.1 Å². The van der Waals surface area contributed by atoms with Crippen LogP contribution in [0.4, 0.5) is 0 Å². The summed E-state index contributed by atoms with van der Waals surface area (Å²) < 4.78 is 7.06. The van der Waals surface area contributed by atoms with E-state index < -0.39 is 0 Å². The van der Waals surface area contributed by atoms with Crippen molar-refractivity contribution in [3.63, 3.8) is 0 Å². The SMILES string of the molecule is CCn1nccc1C(=O)N1CCCC1CCc1noc(-c2ccccn2)n1. The van der Waals surface area contributed by atoms with Crippen LogP contribution in [0.2, 0.25) is 0 Å². The second kappa shape index (κ2) is 7.69. The second-order valence-corrected chi connectivity index (χ2v) is 6.60. The van der Waals surface area contributed by atoms with Gasteiger partial charge in [-0.3, -0.25) is 14.5 Å². The number of amides is 1. The van der Waals surface area contributed by atoms with Gasteiger partial charge < -0.3 is 9.42 Å². The molecule has 27 heavy (non-hydrogen) atoms. The molecule has 8 nitrogen and oxygen atoms in total. The molecule has 1 saturated heterocycles. The molecule has 0 saturated carbocycles. The molecule has 1 aliphatic rings. The minimum Gasteiger partial charge on any atom is -0.334 e. The van der Waals surface area contributed by atoms with Crippen molar-refractivity contribution in [2.45, 2.75) is 45.2 Å². The van der Waals surface area contributed by atoms with Crippen LogP contribution in [0.25, 0.3) is 11.6 Å². The third-order valence-electron chi connectivity index (χ3n) is 4.93. The molecule has 8 heteroatoms. The Hall–Kier alpha value is -3.03. The first kappa shape index (κ1) is 17.4. The Balaban J connectivity index is 1.41. The van der Waals surface area contributed by atoms with Gasteiger partial charge in [-0.25, -0.2) is 0 Å². The van der Waals surface area contributed by atoms with E-state index in [0.29, 0.717) is 36.1 Å². The molecule has 1 atom stereocenters. The monoisotopic (exact) mass is 366 g/mol. The van der Waals surface area contributed by atoms with Crippen molar-refractivity contribution < 1.29 is 9.32 Å². The van der Waals surface area contributed by atoms with Crippen molar-refractivity contribution in [1.29, 1.82) is 0 Å². The van der Waals surface area contributed by atoms with Crippen LogP contribution in [0.15, 0.2) is 41.2 Å². The Bertz CT molecular complexity index is 904. The van der Waals surface area contributed by atoms with E-state index >= 15 is 0 Å². The Morgan fingerprint density at radius 1 is 1.30 bits per heavy atom. The van der Waals surface area contributed by atoms with Crippen LogP contribution in [-0.4, -0.2) is 48.3 Å². The molecule has 4 rings (SSSR count). The molecular weight excluding hydrogens is 344 g/mol. The van der Waals surface area contributed by atoms with E-state index in [1.807, 2.05) is 30.0 Å². The van der Waals surface area contributed by atoms with Crippen LogP contribution < -0.4 is 0 Å². The molecule has 4 heterocycles. The molecule has 0 aliphatic carbocycles. The lowest BCUT2D eigenvalue weighted by atomic mass is 10.1. The van der Waals surface area contributed by atoms with Gasteiger partial charge in [0.25, 0.3) is 11.8 Å². The minimum absolute atomic E-state index is 0.0548. The first-order valence-electron chi connectivity index (χ1n) is 9.33. The normalized spacial score (nSPS) is 16.8. The van der Waals surface area contributed by atoms with E-state index in [-0.39, 0.29) is 11.9 Å². The van der Waals surface area contributed by atoms with Gasteiger partial charge in [0.05, 0.1) is 0 Å². The molecule has 3 aromatic heterocycles. The highest BCUT2D eigenvalue weighted by Crippen LogP contribution is 2.24. The molecule has 1 unspecified atom stereocenters. The Kier molecular flexibility index (Phi) is 4.95. The van der Waals surface area contributed by atoms with Crippen molar-refractivity contribution >= 4 is 5.91 Å². The summed E-state index contributed by atoms with van der Waals surface area (Å²) in [6.45, 7) is 3.45. The van der Waals surface area contributed by atoms with Crippen molar-refractivity contribution in [3.05, 3.63) is 48.2 Å². The van der Waals surface area contributed by atoms with Gasteiger partial charge in [0, 0.05) is 37.9 Å². The van der Waals surface area contributed by atoms with Gasteiger partial charge in [-0.15, -0.1) is 0 Å². The number of likely N-dealkylation sites (tertiary alicyclic amines) is 1. The third kappa shape index (κ3) is 3.60. The van der Waals surface area contributed by atoms with E-state index in [1.165, 1.54) is 0 Å². The second-order valence-electron chi connectivity index (χ2n) is 6.60. The Labute approximate surface area is 157 Å². The summed E-state index contributed by atoms with van der Waals surface area (Å²) in [4.78, 5) is 23.5. The Morgan fingerprint density at radius 3 is 3.04 bits per heavy atom. The first-order chi connectivity index (χ1) is 13.3. The topological polar surface area (TPSA) is 89.9 Å². The lowest BCUT2D eigenvalue weighted by Gasteiger charge is -2.24. The highest BCUT2D eigenvalue weighted by atomic mass is 16.5. The highest BCUT2D eigenvalue weighted by molar-refractivity contribution is 5.92. The van der Waals surface area contributed by atoms with Gasteiger partial charge in [-0.2, -0.15) is 10.1 Å². The smallest absolute Gasteiger partial charge is 0.276 e. The fraction of sp³-hybridized carbons (Fsp3) is 0.421. The number of nitrogens with zero attached hydrogens (tertiary/aromatic N) is 6. The van der Waals surface area contributed by atoms with Crippen molar-refractivity contribution in [2.75, 3.05) is 6.54 Å². The van der Waals surface area contributed by atoms with E-state index in [0.717, 1.165) is 25.8 Å². The summed E-state index contributed by atoms with van der Waals surface area (Å²) in [6, 6.07) is 7.55. The maximum atomic E-state index is 12.9. The molecule has 0 N–H and O–H groups in total. The van der Waals surface area contributed by atoms with Crippen molar-refractivity contribution in [3.8, 4) is 11.6 Å². The molecule has 0 aromatic carbocycles. The zero-order valence-electron chi connectivity index (χ0n) is 15.3. The molecular formula is C19H22N6O2.